The van der Waals surface area contributed by atoms with Crippen molar-refractivity contribution in [2.24, 2.45) is 0 Å². The van der Waals surface area contributed by atoms with Gasteiger partial charge in [0.1, 0.15) is 12.4 Å². The van der Waals surface area contributed by atoms with Gasteiger partial charge in [-0.2, -0.15) is 0 Å². The lowest BCUT2D eigenvalue weighted by molar-refractivity contribution is 0.291. The zero-order valence-electron chi connectivity index (χ0n) is 12.1. The van der Waals surface area contributed by atoms with Crippen LogP contribution in [-0.4, -0.2) is 18.0 Å². The summed E-state index contributed by atoms with van der Waals surface area (Å²) in [7, 11) is 1.63. The molecule has 1 aromatic heterocycles. The number of hydrogen-bond donors (Lipinski definition) is 0. The second-order valence-electron chi connectivity index (χ2n) is 5.04. The van der Waals surface area contributed by atoms with Crippen LogP contribution in [0.3, 0.4) is 0 Å². The molecule has 0 unspecified atom stereocenters. The molecule has 1 aromatic carbocycles. The molecule has 0 saturated carbocycles. The second-order valence-corrected chi connectivity index (χ2v) is 7.57. The van der Waals surface area contributed by atoms with Crippen molar-refractivity contribution in [3.8, 4) is 5.75 Å². The maximum Gasteiger partial charge on any atom is 0.261 e. The Morgan fingerprint density at radius 1 is 1.38 bits per heavy atom. The first kappa shape index (κ1) is 15.9. The number of halogens is 1. The summed E-state index contributed by atoms with van der Waals surface area (Å²) < 4.78 is 30.4. The third-order valence-electron chi connectivity index (χ3n) is 3.10. The Morgan fingerprint density at radius 2 is 2.10 bits per heavy atom. The molecule has 0 aliphatic rings. The number of nitrogens with zero attached hydrogens (tertiary/aromatic N) is 2. The fraction of sp³-hybridized carbons (Fsp3) is 0.357. The molecule has 0 amide bonds. The highest BCUT2D eigenvalue weighted by atomic mass is 35.7. The molecule has 0 saturated heterocycles. The van der Waals surface area contributed by atoms with E-state index < -0.39 is 9.05 Å². The number of hydrogen-bond acceptors (Lipinski definition) is 4. The van der Waals surface area contributed by atoms with Crippen molar-refractivity contribution in [1.29, 1.82) is 0 Å². The molecule has 0 aliphatic heterocycles. The van der Waals surface area contributed by atoms with E-state index in [4.69, 9.17) is 15.4 Å². The van der Waals surface area contributed by atoms with Gasteiger partial charge in [-0.15, -0.1) is 0 Å². The zero-order chi connectivity index (χ0) is 15.6. The molecule has 0 fully saturated rings. The van der Waals surface area contributed by atoms with Crippen LogP contribution in [0.2, 0.25) is 0 Å². The van der Waals surface area contributed by atoms with Gasteiger partial charge in [-0.1, -0.05) is 0 Å². The fourth-order valence-corrected chi connectivity index (χ4v) is 3.24. The average molecular weight is 329 g/mol. The number of rotatable bonds is 5. The van der Waals surface area contributed by atoms with E-state index >= 15 is 0 Å². The summed E-state index contributed by atoms with van der Waals surface area (Å²) in [5.74, 6) is 0.591. The number of imidazole rings is 1. The number of aryl methyl sites for hydroxylation is 1. The highest BCUT2D eigenvalue weighted by Crippen LogP contribution is 2.24. The van der Waals surface area contributed by atoms with Crippen LogP contribution < -0.4 is 4.74 Å². The van der Waals surface area contributed by atoms with Crippen LogP contribution in [0, 0.1) is 6.92 Å². The van der Waals surface area contributed by atoms with Crippen LogP contribution in [-0.2, 0) is 15.7 Å². The summed E-state index contributed by atoms with van der Waals surface area (Å²) in [5.41, 5.74) is 1.51. The second kappa shape index (κ2) is 6.07. The van der Waals surface area contributed by atoms with Gasteiger partial charge in [0.05, 0.1) is 23.1 Å². The lowest BCUT2D eigenvalue weighted by Gasteiger charge is -2.13. The van der Waals surface area contributed by atoms with Crippen LogP contribution in [0.4, 0.5) is 0 Å². The van der Waals surface area contributed by atoms with E-state index in [1.165, 1.54) is 6.07 Å². The highest BCUT2D eigenvalue weighted by molar-refractivity contribution is 8.13. The van der Waals surface area contributed by atoms with E-state index in [0.717, 1.165) is 5.69 Å². The Balaban J connectivity index is 2.14. The SMILES string of the molecule is Cc1cc(OCc2cncn2C(C)C)ccc1S(=O)(=O)Cl. The van der Waals surface area contributed by atoms with Crippen molar-refractivity contribution in [2.75, 3.05) is 0 Å². The van der Waals surface area contributed by atoms with Crippen molar-refractivity contribution < 1.29 is 13.2 Å². The van der Waals surface area contributed by atoms with E-state index in [-0.39, 0.29) is 4.90 Å². The van der Waals surface area contributed by atoms with Gasteiger partial charge in [0.25, 0.3) is 9.05 Å². The highest BCUT2D eigenvalue weighted by Gasteiger charge is 2.14. The summed E-state index contributed by atoms with van der Waals surface area (Å²) >= 11 is 0. The smallest absolute Gasteiger partial charge is 0.261 e. The van der Waals surface area contributed by atoms with Gasteiger partial charge in [-0.05, 0) is 44.5 Å². The first-order chi connectivity index (χ1) is 9.79. The summed E-state index contributed by atoms with van der Waals surface area (Å²) in [5, 5.41) is 0. The summed E-state index contributed by atoms with van der Waals surface area (Å²) in [6, 6.07) is 5.01. The van der Waals surface area contributed by atoms with Gasteiger partial charge < -0.3 is 9.30 Å². The first-order valence-electron chi connectivity index (χ1n) is 6.48. The quantitative estimate of drug-likeness (QED) is 0.790. The molecular weight excluding hydrogens is 312 g/mol. The van der Waals surface area contributed by atoms with Gasteiger partial charge in [-0.3, -0.25) is 0 Å². The summed E-state index contributed by atoms with van der Waals surface area (Å²) in [4.78, 5) is 4.21. The van der Waals surface area contributed by atoms with E-state index in [1.807, 2.05) is 4.57 Å². The molecule has 0 N–H and O–H groups in total. The minimum atomic E-state index is -3.72. The molecule has 2 aromatic rings. The topological polar surface area (TPSA) is 61.2 Å². The van der Waals surface area contributed by atoms with E-state index in [0.29, 0.717) is 24.0 Å². The van der Waals surface area contributed by atoms with Crippen LogP contribution >= 0.6 is 10.7 Å². The van der Waals surface area contributed by atoms with Gasteiger partial charge >= 0.3 is 0 Å². The molecule has 0 radical (unpaired) electrons. The maximum absolute atomic E-state index is 11.3. The van der Waals surface area contributed by atoms with Gasteiger partial charge in [0, 0.05) is 16.7 Å². The zero-order valence-corrected chi connectivity index (χ0v) is 13.6. The van der Waals surface area contributed by atoms with Crippen LogP contribution in [0.1, 0.15) is 31.1 Å². The minimum Gasteiger partial charge on any atom is -0.487 e. The van der Waals surface area contributed by atoms with Crippen molar-refractivity contribution in [1.82, 2.24) is 9.55 Å². The molecule has 0 aliphatic carbocycles. The molecule has 114 valence electrons. The predicted molar refractivity (Wildman–Crippen MR) is 81.2 cm³/mol. The largest absolute Gasteiger partial charge is 0.487 e. The molecule has 0 bridgehead atoms. The molecule has 21 heavy (non-hydrogen) atoms. The number of benzene rings is 1. The average Bonchev–Trinajstić information content (AvgIpc) is 2.83. The lowest BCUT2D eigenvalue weighted by Crippen LogP contribution is -2.07. The Kier molecular flexibility index (Phi) is 4.58. The normalized spacial score (nSPS) is 11.9. The monoisotopic (exact) mass is 328 g/mol. The minimum absolute atomic E-state index is 0.101. The van der Waals surface area contributed by atoms with Crippen molar-refractivity contribution in [2.45, 2.75) is 38.3 Å². The molecule has 2 rings (SSSR count). The Bertz CT molecular complexity index is 738. The van der Waals surface area contributed by atoms with Crippen molar-refractivity contribution >= 4 is 19.7 Å². The van der Waals surface area contributed by atoms with Gasteiger partial charge in [0.15, 0.2) is 0 Å². The Morgan fingerprint density at radius 3 is 2.67 bits per heavy atom. The summed E-state index contributed by atoms with van der Waals surface area (Å²) in [6.45, 7) is 6.18. The van der Waals surface area contributed by atoms with Crippen LogP contribution in [0.25, 0.3) is 0 Å². The third kappa shape index (κ3) is 3.77. The van der Waals surface area contributed by atoms with E-state index in [1.54, 1.807) is 31.6 Å². The van der Waals surface area contributed by atoms with Gasteiger partial charge in [0.2, 0.25) is 0 Å². The number of aromatic nitrogens is 2. The van der Waals surface area contributed by atoms with E-state index in [9.17, 15) is 8.42 Å². The van der Waals surface area contributed by atoms with Crippen LogP contribution in [0.5, 0.6) is 5.75 Å². The molecule has 1 heterocycles. The first-order valence-corrected chi connectivity index (χ1v) is 8.79. The fourth-order valence-electron chi connectivity index (χ4n) is 2.05. The van der Waals surface area contributed by atoms with Gasteiger partial charge in [-0.25, -0.2) is 13.4 Å². The van der Waals surface area contributed by atoms with Crippen molar-refractivity contribution in [3.63, 3.8) is 0 Å². The third-order valence-corrected chi connectivity index (χ3v) is 4.58. The molecule has 0 spiro atoms. The molecule has 7 heteroatoms. The Hall–Kier alpha value is -1.53. The van der Waals surface area contributed by atoms with Crippen molar-refractivity contribution in [3.05, 3.63) is 42.0 Å². The van der Waals surface area contributed by atoms with Crippen LogP contribution in [0.15, 0.2) is 35.6 Å². The molecule has 0 atom stereocenters. The molecular formula is C14H17ClN2O3S. The van der Waals surface area contributed by atoms with E-state index in [2.05, 4.69) is 18.8 Å². The maximum atomic E-state index is 11.3. The number of ether oxygens (including phenoxy) is 1. The summed E-state index contributed by atoms with van der Waals surface area (Å²) in [6.07, 6.45) is 3.52. The lowest BCUT2D eigenvalue weighted by atomic mass is 10.2. The Labute approximate surface area is 128 Å². The molecule has 5 nitrogen and oxygen atoms in total. The predicted octanol–water partition coefficient (Wildman–Crippen LogP) is 3.28. The standard InChI is InChI=1S/C14H17ClN2O3S/c1-10(2)17-9-16-7-12(17)8-20-13-4-5-14(11(3)6-13)21(15,18)19/h4-7,9-10H,8H2,1-3H3.